The van der Waals surface area contributed by atoms with Gasteiger partial charge in [-0.3, -0.25) is 0 Å². The van der Waals surface area contributed by atoms with E-state index in [2.05, 4.69) is 17.4 Å². The molecule has 1 heterocycles. The maximum atomic E-state index is 13.2. The number of hydrogen-bond acceptors (Lipinski definition) is 1. The first-order valence-electron chi connectivity index (χ1n) is 9.19. The Morgan fingerprint density at radius 2 is 1.56 bits per heavy atom. The zero-order valence-corrected chi connectivity index (χ0v) is 14.9. The van der Waals surface area contributed by atoms with Crippen molar-refractivity contribution in [1.29, 1.82) is 0 Å². The van der Waals surface area contributed by atoms with Gasteiger partial charge in [0.15, 0.2) is 0 Å². The van der Waals surface area contributed by atoms with Crippen LogP contribution < -0.4 is 5.32 Å². The lowest BCUT2D eigenvalue weighted by Crippen LogP contribution is -2.34. The third kappa shape index (κ3) is 3.85. The Morgan fingerprint density at radius 1 is 0.889 bits per heavy atom. The fraction of sp³-hybridized carbons (Fsp3) is 0.174. The van der Waals surface area contributed by atoms with E-state index in [4.69, 9.17) is 0 Å². The Bertz CT molecular complexity index is 907. The SMILES string of the molecule is O=C(Nc1ccc(-c2ccccc2)cc1)N1CCC[C@H]1c1ccc(F)cc1. The van der Waals surface area contributed by atoms with Gasteiger partial charge < -0.3 is 10.2 Å². The van der Waals surface area contributed by atoms with Crippen LogP contribution in [0.1, 0.15) is 24.4 Å². The molecular weight excluding hydrogens is 339 g/mol. The molecule has 1 atom stereocenters. The summed E-state index contributed by atoms with van der Waals surface area (Å²) in [5.74, 6) is -0.258. The minimum Gasteiger partial charge on any atom is -0.317 e. The van der Waals surface area contributed by atoms with Crippen LogP contribution >= 0.6 is 0 Å². The lowest BCUT2D eigenvalue weighted by atomic mass is 10.0. The molecule has 3 aromatic carbocycles. The highest BCUT2D eigenvalue weighted by Crippen LogP contribution is 2.32. The number of carbonyl (C=O) groups excluding carboxylic acids is 1. The number of likely N-dealkylation sites (tertiary alicyclic amines) is 1. The summed E-state index contributed by atoms with van der Waals surface area (Å²) in [5.41, 5.74) is 4.00. The summed E-state index contributed by atoms with van der Waals surface area (Å²) in [6.07, 6.45) is 1.84. The Hall–Kier alpha value is -3.14. The van der Waals surface area contributed by atoms with Crippen LogP contribution in [0.2, 0.25) is 0 Å². The van der Waals surface area contributed by atoms with Crippen molar-refractivity contribution in [2.45, 2.75) is 18.9 Å². The highest BCUT2D eigenvalue weighted by molar-refractivity contribution is 5.90. The summed E-state index contributed by atoms with van der Waals surface area (Å²) in [7, 11) is 0. The maximum Gasteiger partial charge on any atom is 0.322 e. The molecule has 136 valence electrons. The number of anilines is 1. The van der Waals surface area contributed by atoms with E-state index in [1.165, 1.54) is 12.1 Å². The summed E-state index contributed by atoms with van der Waals surface area (Å²) < 4.78 is 13.2. The minimum absolute atomic E-state index is 0.00538. The number of rotatable bonds is 3. The number of amides is 2. The van der Waals surface area contributed by atoms with Gasteiger partial charge >= 0.3 is 6.03 Å². The molecule has 3 aromatic rings. The molecule has 4 rings (SSSR count). The second-order valence-corrected chi connectivity index (χ2v) is 6.78. The number of nitrogens with zero attached hydrogens (tertiary/aromatic N) is 1. The number of nitrogens with one attached hydrogen (secondary N) is 1. The zero-order chi connectivity index (χ0) is 18.6. The van der Waals surface area contributed by atoms with Crippen molar-refractivity contribution in [3.8, 4) is 11.1 Å². The predicted molar refractivity (Wildman–Crippen MR) is 106 cm³/mol. The molecule has 0 unspecified atom stereocenters. The Morgan fingerprint density at radius 3 is 2.26 bits per heavy atom. The van der Waals surface area contributed by atoms with Crippen LogP contribution in [0.4, 0.5) is 14.9 Å². The van der Waals surface area contributed by atoms with E-state index >= 15 is 0 Å². The van der Waals surface area contributed by atoms with Crippen LogP contribution in [-0.2, 0) is 0 Å². The molecule has 1 aliphatic heterocycles. The predicted octanol–water partition coefficient (Wildman–Crippen LogP) is 5.86. The first-order chi connectivity index (χ1) is 13.2. The highest BCUT2D eigenvalue weighted by atomic mass is 19.1. The highest BCUT2D eigenvalue weighted by Gasteiger charge is 2.30. The van der Waals surface area contributed by atoms with E-state index in [1.54, 1.807) is 12.1 Å². The molecule has 0 bridgehead atoms. The van der Waals surface area contributed by atoms with Gasteiger partial charge in [-0.25, -0.2) is 9.18 Å². The normalized spacial score (nSPS) is 16.3. The maximum absolute atomic E-state index is 13.2. The van der Waals surface area contributed by atoms with Gasteiger partial charge in [-0.05, 0) is 53.8 Å². The van der Waals surface area contributed by atoms with Gasteiger partial charge in [-0.15, -0.1) is 0 Å². The second-order valence-electron chi connectivity index (χ2n) is 6.78. The van der Waals surface area contributed by atoms with Crippen molar-refractivity contribution in [1.82, 2.24) is 4.90 Å². The molecule has 1 aliphatic rings. The molecule has 1 N–H and O–H groups in total. The Kier molecular flexibility index (Phi) is 4.88. The largest absolute Gasteiger partial charge is 0.322 e. The van der Waals surface area contributed by atoms with E-state index in [1.807, 2.05) is 47.4 Å². The van der Waals surface area contributed by atoms with E-state index < -0.39 is 0 Å². The molecule has 4 heteroatoms. The minimum atomic E-state index is -0.258. The average molecular weight is 360 g/mol. The summed E-state index contributed by atoms with van der Waals surface area (Å²) in [6, 6.07) is 24.3. The summed E-state index contributed by atoms with van der Waals surface area (Å²) in [4.78, 5) is 14.6. The number of halogens is 1. The lowest BCUT2D eigenvalue weighted by molar-refractivity contribution is 0.207. The standard InChI is InChI=1S/C23H21FN2O/c24-20-12-8-19(9-13-20)22-7-4-16-26(22)23(27)25-21-14-10-18(11-15-21)17-5-2-1-3-6-17/h1-3,5-6,8-15,22H,4,7,16H2,(H,25,27)/t22-/m0/s1. The van der Waals surface area contributed by atoms with Crippen LogP contribution in [0.5, 0.6) is 0 Å². The molecule has 0 saturated carbocycles. The summed E-state index contributed by atoms with van der Waals surface area (Å²) >= 11 is 0. The van der Waals surface area contributed by atoms with Crippen molar-refractivity contribution in [2.75, 3.05) is 11.9 Å². The van der Waals surface area contributed by atoms with Crippen LogP contribution in [-0.4, -0.2) is 17.5 Å². The Balaban J connectivity index is 1.46. The van der Waals surface area contributed by atoms with Crippen molar-refractivity contribution in [3.05, 3.63) is 90.2 Å². The molecule has 1 saturated heterocycles. The van der Waals surface area contributed by atoms with Gasteiger partial charge in [0.25, 0.3) is 0 Å². The molecule has 2 amide bonds. The summed E-state index contributed by atoms with van der Waals surface area (Å²) in [6.45, 7) is 0.704. The van der Waals surface area contributed by atoms with Gasteiger partial charge in [-0.1, -0.05) is 54.6 Å². The van der Waals surface area contributed by atoms with Crippen LogP contribution in [0.25, 0.3) is 11.1 Å². The number of urea groups is 1. The van der Waals surface area contributed by atoms with Crippen LogP contribution in [0.3, 0.4) is 0 Å². The molecule has 27 heavy (non-hydrogen) atoms. The number of carbonyl (C=O) groups is 1. The van der Waals surface area contributed by atoms with Gasteiger partial charge in [0, 0.05) is 12.2 Å². The zero-order valence-electron chi connectivity index (χ0n) is 14.9. The van der Waals surface area contributed by atoms with Crippen molar-refractivity contribution >= 4 is 11.7 Å². The van der Waals surface area contributed by atoms with Gasteiger partial charge in [0.1, 0.15) is 5.82 Å². The fourth-order valence-corrected chi connectivity index (χ4v) is 3.61. The number of benzene rings is 3. The van der Waals surface area contributed by atoms with Crippen molar-refractivity contribution < 1.29 is 9.18 Å². The van der Waals surface area contributed by atoms with Gasteiger partial charge in [0.05, 0.1) is 6.04 Å². The van der Waals surface area contributed by atoms with E-state index in [-0.39, 0.29) is 17.9 Å². The molecule has 3 nitrogen and oxygen atoms in total. The van der Waals surface area contributed by atoms with Crippen LogP contribution in [0, 0.1) is 5.82 Å². The average Bonchev–Trinajstić information content (AvgIpc) is 3.20. The third-order valence-electron chi connectivity index (χ3n) is 5.01. The van der Waals surface area contributed by atoms with E-state index in [9.17, 15) is 9.18 Å². The quantitative estimate of drug-likeness (QED) is 0.623. The number of hydrogen-bond donors (Lipinski definition) is 1. The van der Waals surface area contributed by atoms with Gasteiger partial charge in [0.2, 0.25) is 0 Å². The van der Waals surface area contributed by atoms with E-state index in [0.29, 0.717) is 6.54 Å². The molecular formula is C23H21FN2O. The van der Waals surface area contributed by atoms with E-state index in [0.717, 1.165) is 35.2 Å². The molecule has 0 aliphatic carbocycles. The third-order valence-corrected chi connectivity index (χ3v) is 5.01. The molecule has 0 spiro atoms. The molecule has 1 fully saturated rings. The lowest BCUT2D eigenvalue weighted by Gasteiger charge is -2.25. The van der Waals surface area contributed by atoms with Crippen LogP contribution in [0.15, 0.2) is 78.9 Å². The second kappa shape index (κ2) is 7.62. The van der Waals surface area contributed by atoms with Gasteiger partial charge in [-0.2, -0.15) is 0 Å². The molecule has 0 aromatic heterocycles. The Labute approximate surface area is 158 Å². The fourth-order valence-electron chi connectivity index (χ4n) is 3.61. The monoisotopic (exact) mass is 360 g/mol. The van der Waals surface area contributed by atoms with Crippen molar-refractivity contribution in [3.63, 3.8) is 0 Å². The first kappa shape index (κ1) is 17.3. The topological polar surface area (TPSA) is 32.3 Å². The van der Waals surface area contributed by atoms with Crippen molar-refractivity contribution in [2.24, 2.45) is 0 Å². The summed E-state index contributed by atoms with van der Waals surface area (Å²) in [5, 5.41) is 2.99. The molecule has 0 radical (unpaired) electrons. The smallest absolute Gasteiger partial charge is 0.317 e. The first-order valence-corrected chi connectivity index (χ1v) is 9.19.